The van der Waals surface area contributed by atoms with Gasteiger partial charge in [0.05, 0.1) is 0 Å². The lowest BCUT2D eigenvalue weighted by molar-refractivity contribution is 0.559. The normalized spacial score (nSPS) is 15.2. The molecule has 0 bridgehead atoms. The lowest BCUT2D eigenvalue weighted by atomic mass is 9.79. The van der Waals surface area contributed by atoms with Crippen LogP contribution in [-0.2, 0) is 21.7 Å². The van der Waals surface area contributed by atoms with Crippen LogP contribution in [0.2, 0.25) is 0 Å². The Morgan fingerprint density at radius 2 is 1.03 bits per heavy atom. The Morgan fingerprint density at radius 1 is 0.441 bits per heavy atom. The molecule has 11 rings (SSSR count). The van der Waals surface area contributed by atoms with E-state index in [1.807, 2.05) is 6.07 Å². The topological polar surface area (TPSA) is 29.5 Å². The van der Waals surface area contributed by atoms with E-state index in [2.05, 4.69) is 195 Å². The summed E-state index contributed by atoms with van der Waals surface area (Å²) >= 11 is 0. The van der Waals surface area contributed by atoms with Crippen LogP contribution in [-0.4, -0.2) is 0 Å². The van der Waals surface area contributed by atoms with Crippen molar-refractivity contribution >= 4 is 60.9 Å². The molecule has 0 unspecified atom stereocenters. The summed E-state index contributed by atoms with van der Waals surface area (Å²) in [4.78, 5) is 2.45. The maximum absolute atomic E-state index is 6.88. The van der Waals surface area contributed by atoms with Gasteiger partial charge in [-0.1, -0.05) is 136 Å². The summed E-state index contributed by atoms with van der Waals surface area (Å²) in [5, 5.41) is 4.68. The van der Waals surface area contributed by atoms with Crippen LogP contribution in [0, 0.1) is 0 Å². The molecule has 0 aliphatic heterocycles. The minimum absolute atomic E-state index is 0.00735. The molecule has 7 aromatic carbocycles. The van der Waals surface area contributed by atoms with Crippen LogP contribution in [0.5, 0.6) is 0 Å². The fraction of sp³-hybridized carbons (Fsp3) is 0.250. The van der Waals surface area contributed by atoms with Gasteiger partial charge >= 0.3 is 0 Å². The Bertz CT molecular complexity index is 3240. The second-order valence-electron chi connectivity index (χ2n) is 20.2. The summed E-state index contributed by atoms with van der Waals surface area (Å²) < 4.78 is 13.2. The second kappa shape index (κ2) is 11.8. The fourth-order valence-corrected chi connectivity index (χ4v) is 10.4. The molecule has 0 atom stereocenters. The van der Waals surface area contributed by atoms with Crippen LogP contribution >= 0.6 is 0 Å². The van der Waals surface area contributed by atoms with Crippen molar-refractivity contribution in [2.75, 3.05) is 4.90 Å². The minimum Gasteiger partial charge on any atom is -0.456 e. The number of rotatable bonds is 3. The zero-order chi connectivity index (χ0) is 41.0. The molecule has 3 nitrogen and oxygen atoms in total. The average Bonchev–Trinajstić information content (AvgIpc) is 3.89. The molecule has 0 saturated heterocycles. The molecule has 0 radical (unpaired) electrons. The van der Waals surface area contributed by atoms with Crippen molar-refractivity contribution in [3.63, 3.8) is 0 Å². The van der Waals surface area contributed by atoms with Crippen molar-refractivity contribution in [2.45, 2.75) is 90.9 Å². The van der Waals surface area contributed by atoms with Gasteiger partial charge in [-0.2, -0.15) is 0 Å². The van der Waals surface area contributed by atoms with Gasteiger partial charge in [-0.15, -0.1) is 0 Å². The third-order valence-electron chi connectivity index (χ3n) is 13.7. The quantitative estimate of drug-likeness (QED) is 0.179. The van der Waals surface area contributed by atoms with Crippen LogP contribution in [0.4, 0.5) is 17.1 Å². The van der Waals surface area contributed by atoms with Crippen LogP contribution in [0.1, 0.15) is 103 Å². The number of furan rings is 2. The maximum atomic E-state index is 6.88. The Hall–Kier alpha value is -6.06. The predicted molar refractivity (Wildman–Crippen MR) is 248 cm³/mol. The van der Waals surface area contributed by atoms with E-state index in [1.54, 1.807) is 0 Å². The predicted octanol–water partition coefficient (Wildman–Crippen LogP) is 16.2. The van der Waals surface area contributed by atoms with Gasteiger partial charge in [0, 0.05) is 55.0 Å². The van der Waals surface area contributed by atoms with E-state index in [4.69, 9.17) is 8.83 Å². The Labute approximate surface area is 347 Å². The van der Waals surface area contributed by atoms with Crippen molar-refractivity contribution in [3.05, 3.63) is 161 Å². The summed E-state index contributed by atoms with van der Waals surface area (Å²) in [7, 11) is 0. The number of anilines is 3. The van der Waals surface area contributed by atoms with E-state index < -0.39 is 0 Å². The Morgan fingerprint density at radius 3 is 1.78 bits per heavy atom. The first-order chi connectivity index (χ1) is 28.0. The van der Waals surface area contributed by atoms with Crippen molar-refractivity contribution in [3.8, 4) is 22.3 Å². The van der Waals surface area contributed by atoms with E-state index in [0.29, 0.717) is 0 Å². The molecule has 2 aliphatic carbocycles. The zero-order valence-corrected chi connectivity index (χ0v) is 35.9. The molecular weight excluding hydrogens is 719 g/mol. The van der Waals surface area contributed by atoms with E-state index in [1.165, 1.54) is 66.4 Å². The second-order valence-corrected chi connectivity index (χ2v) is 20.2. The summed E-state index contributed by atoms with van der Waals surface area (Å²) in [6.07, 6.45) is 0. The van der Waals surface area contributed by atoms with E-state index in [0.717, 1.165) is 50.2 Å². The minimum atomic E-state index is -0.245. The fourth-order valence-electron chi connectivity index (χ4n) is 10.4. The van der Waals surface area contributed by atoms with Gasteiger partial charge < -0.3 is 13.7 Å². The third-order valence-corrected chi connectivity index (χ3v) is 13.7. The van der Waals surface area contributed by atoms with Gasteiger partial charge in [0.25, 0.3) is 0 Å². The molecule has 0 fully saturated rings. The maximum Gasteiger partial charge on any atom is 0.139 e. The molecule has 9 aromatic rings. The lowest BCUT2D eigenvalue weighted by Gasteiger charge is -2.29. The summed E-state index contributed by atoms with van der Waals surface area (Å²) in [5.41, 5.74) is 19.9. The number of fused-ring (bicyclic) bond motifs is 13. The molecule has 0 N–H and O–H groups in total. The molecular formula is C56H51NO2. The first-order valence-corrected chi connectivity index (χ1v) is 21.2. The summed E-state index contributed by atoms with van der Waals surface area (Å²) in [6.45, 7) is 23.3. The largest absolute Gasteiger partial charge is 0.456 e. The molecule has 0 spiro atoms. The Balaban J connectivity index is 1.14. The number of para-hydroxylation sites is 1. The highest BCUT2D eigenvalue weighted by molar-refractivity contribution is 6.16. The molecule has 292 valence electrons. The van der Waals surface area contributed by atoms with Crippen molar-refractivity contribution in [1.82, 2.24) is 0 Å². The smallest absolute Gasteiger partial charge is 0.139 e. The van der Waals surface area contributed by atoms with Gasteiger partial charge in [-0.25, -0.2) is 0 Å². The molecule has 2 aromatic heterocycles. The zero-order valence-electron chi connectivity index (χ0n) is 35.9. The molecule has 2 heterocycles. The summed E-state index contributed by atoms with van der Waals surface area (Å²) in [5.74, 6) is 0. The number of nitrogens with zero attached hydrogens (tertiary/aromatic N) is 1. The average molecular weight is 770 g/mol. The highest BCUT2D eigenvalue weighted by Gasteiger charge is 2.40. The highest BCUT2D eigenvalue weighted by atomic mass is 16.3. The third kappa shape index (κ3) is 5.06. The van der Waals surface area contributed by atoms with Crippen LogP contribution in [0.3, 0.4) is 0 Å². The van der Waals surface area contributed by atoms with Crippen molar-refractivity contribution < 1.29 is 8.83 Å². The SMILES string of the molecule is CC(C)(C)c1cc(C(C)(C)C)c2oc3ccc4c(c3c2c1)-c1ccc(N(c2ccc3c(c2)C(C)(C)c2ccccc2-3)c2ccc3oc5ccccc5c3c2)cc1C4(C)C. The van der Waals surface area contributed by atoms with Gasteiger partial charge in [0.15, 0.2) is 0 Å². The number of benzene rings is 7. The Kier molecular flexibility index (Phi) is 7.20. The molecule has 0 amide bonds. The van der Waals surface area contributed by atoms with Crippen molar-refractivity contribution in [2.24, 2.45) is 0 Å². The van der Waals surface area contributed by atoms with Gasteiger partial charge in [-0.3, -0.25) is 0 Å². The van der Waals surface area contributed by atoms with Crippen LogP contribution in [0.15, 0.2) is 136 Å². The van der Waals surface area contributed by atoms with Crippen LogP contribution < -0.4 is 4.90 Å². The molecule has 59 heavy (non-hydrogen) atoms. The van der Waals surface area contributed by atoms with Crippen LogP contribution in [0.25, 0.3) is 66.1 Å². The number of hydrogen-bond acceptors (Lipinski definition) is 3. The standard InChI is InChI=1S/C56H51NO2/c1-53(2,3)32-27-41-51-49(59-52(41)46(28-32)54(4,5)6)26-24-43-50(51)39-23-20-35(31-45(39)56(43,9)10)57(33-21-25-48-40(29-33)38-16-12-14-18-47(38)58-48)34-19-22-37-36-15-11-13-17-42(36)55(7,8)44(37)30-34/h11-31H,1-10H3. The molecule has 0 saturated carbocycles. The van der Waals surface area contributed by atoms with Gasteiger partial charge in [0.2, 0.25) is 0 Å². The molecule has 3 heteroatoms. The van der Waals surface area contributed by atoms with Crippen molar-refractivity contribution in [1.29, 1.82) is 0 Å². The van der Waals surface area contributed by atoms with Gasteiger partial charge in [-0.05, 0) is 122 Å². The van der Waals surface area contributed by atoms with E-state index in [-0.39, 0.29) is 21.7 Å². The van der Waals surface area contributed by atoms with E-state index in [9.17, 15) is 0 Å². The summed E-state index contributed by atoms with van der Waals surface area (Å²) in [6, 6.07) is 47.5. The van der Waals surface area contributed by atoms with E-state index >= 15 is 0 Å². The first-order valence-electron chi connectivity index (χ1n) is 21.2. The first kappa shape index (κ1) is 36.1. The molecule has 2 aliphatic rings. The highest BCUT2D eigenvalue weighted by Crippen LogP contribution is 2.56. The van der Waals surface area contributed by atoms with Gasteiger partial charge in [0.1, 0.15) is 22.3 Å². The number of hydrogen-bond donors (Lipinski definition) is 0. The monoisotopic (exact) mass is 769 g/mol. The lowest BCUT2D eigenvalue weighted by Crippen LogP contribution is -2.18.